The molecule has 70 valence electrons. The molecule has 0 saturated carbocycles. The minimum Gasteiger partial charge on any atom is -0.396 e. The summed E-state index contributed by atoms with van der Waals surface area (Å²) in [6.45, 7) is 4.39. The summed E-state index contributed by atoms with van der Waals surface area (Å²) in [4.78, 5) is 2.32. The van der Waals surface area contributed by atoms with Crippen molar-refractivity contribution in [1.82, 2.24) is 0 Å². The molecule has 1 atom stereocenters. The maximum atomic E-state index is 9.20. The lowest BCUT2D eigenvalue weighted by Crippen LogP contribution is -2.21. The third-order valence-electron chi connectivity index (χ3n) is 2.76. The first-order valence-electron chi connectivity index (χ1n) is 4.81. The van der Waals surface area contributed by atoms with Gasteiger partial charge >= 0.3 is 0 Å². The van der Waals surface area contributed by atoms with Gasteiger partial charge in [-0.25, -0.2) is 0 Å². The minimum atomic E-state index is 0.257. The maximum Gasteiger partial charge on any atom is 0.0517 e. The number of para-hydroxylation sites is 1. The molecule has 0 aromatic heterocycles. The molecule has 0 radical (unpaired) electrons. The topological polar surface area (TPSA) is 23.5 Å². The maximum absolute atomic E-state index is 9.20. The number of anilines is 1. The van der Waals surface area contributed by atoms with Gasteiger partial charge in [-0.15, -0.1) is 0 Å². The van der Waals surface area contributed by atoms with Gasteiger partial charge in [-0.1, -0.05) is 18.2 Å². The zero-order valence-corrected chi connectivity index (χ0v) is 7.90. The summed E-state index contributed by atoms with van der Waals surface area (Å²) in [5.74, 6) is 0.316. The average molecular weight is 177 g/mol. The molecule has 13 heavy (non-hydrogen) atoms. The van der Waals surface area contributed by atoms with Crippen LogP contribution in [-0.4, -0.2) is 24.8 Å². The third-order valence-corrected chi connectivity index (χ3v) is 2.76. The summed E-state index contributed by atoms with van der Waals surface area (Å²) in [5.41, 5.74) is 2.59. The largest absolute Gasteiger partial charge is 0.396 e. The van der Waals surface area contributed by atoms with Crippen LogP contribution in [0.25, 0.3) is 0 Å². The zero-order valence-electron chi connectivity index (χ0n) is 7.90. The number of aliphatic hydroxyl groups is 1. The Labute approximate surface area is 78.8 Å². The van der Waals surface area contributed by atoms with Crippen LogP contribution in [-0.2, 0) is 0 Å². The molecular weight excluding hydrogens is 162 g/mol. The lowest BCUT2D eigenvalue weighted by Gasteiger charge is -2.16. The molecular formula is C11H15NO. The van der Waals surface area contributed by atoms with E-state index in [4.69, 9.17) is 0 Å². The highest BCUT2D eigenvalue weighted by Crippen LogP contribution is 2.35. The number of fused-ring (bicyclic) bond motifs is 1. The molecule has 0 aliphatic carbocycles. The van der Waals surface area contributed by atoms with Crippen molar-refractivity contribution in [1.29, 1.82) is 0 Å². The Morgan fingerprint density at radius 1 is 1.46 bits per heavy atom. The number of aliphatic hydroxyl groups excluding tert-OH is 1. The number of hydrogen-bond donors (Lipinski definition) is 1. The molecule has 1 aliphatic rings. The van der Waals surface area contributed by atoms with Crippen molar-refractivity contribution in [2.45, 2.75) is 12.8 Å². The molecule has 1 heterocycles. The van der Waals surface area contributed by atoms with Crippen LogP contribution >= 0.6 is 0 Å². The molecule has 0 saturated heterocycles. The predicted octanol–water partition coefficient (Wildman–Crippen LogP) is 1.60. The normalized spacial score (nSPS) is 20.5. The van der Waals surface area contributed by atoms with Crippen molar-refractivity contribution in [2.75, 3.05) is 24.6 Å². The number of hydrogen-bond acceptors (Lipinski definition) is 2. The van der Waals surface area contributed by atoms with Gasteiger partial charge < -0.3 is 10.0 Å². The summed E-state index contributed by atoms with van der Waals surface area (Å²) in [6, 6.07) is 8.35. The Morgan fingerprint density at radius 2 is 2.23 bits per heavy atom. The lowest BCUT2D eigenvalue weighted by atomic mass is 10.0. The van der Waals surface area contributed by atoms with Gasteiger partial charge in [-0.05, 0) is 18.6 Å². The Balaban J connectivity index is 2.38. The first kappa shape index (κ1) is 8.57. The van der Waals surface area contributed by atoms with Gasteiger partial charge in [-0.2, -0.15) is 0 Å². The van der Waals surface area contributed by atoms with Gasteiger partial charge in [0, 0.05) is 24.7 Å². The smallest absolute Gasteiger partial charge is 0.0517 e. The van der Waals surface area contributed by atoms with Gasteiger partial charge in [0.1, 0.15) is 0 Å². The first-order valence-corrected chi connectivity index (χ1v) is 4.81. The van der Waals surface area contributed by atoms with E-state index in [1.54, 1.807) is 0 Å². The van der Waals surface area contributed by atoms with E-state index in [2.05, 4.69) is 30.0 Å². The van der Waals surface area contributed by atoms with E-state index in [-0.39, 0.29) is 6.61 Å². The van der Waals surface area contributed by atoms with Gasteiger partial charge in [0.05, 0.1) is 6.61 Å². The summed E-state index contributed by atoms with van der Waals surface area (Å²) >= 11 is 0. The van der Waals surface area contributed by atoms with Crippen molar-refractivity contribution < 1.29 is 5.11 Å². The highest BCUT2D eigenvalue weighted by Gasteiger charge is 2.25. The van der Waals surface area contributed by atoms with E-state index in [0.29, 0.717) is 5.92 Å². The van der Waals surface area contributed by atoms with Crippen LogP contribution in [0.4, 0.5) is 5.69 Å². The molecule has 0 amide bonds. The minimum absolute atomic E-state index is 0.257. The fourth-order valence-corrected chi connectivity index (χ4v) is 2.04. The van der Waals surface area contributed by atoms with Crippen LogP contribution < -0.4 is 4.90 Å². The van der Waals surface area contributed by atoms with Crippen LogP contribution in [0.1, 0.15) is 18.4 Å². The summed E-state index contributed by atoms with van der Waals surface area (Å²) in [5, 5.41) is 9.20. The van der Waals surface area contributed by atoms with Gasteiger partial charge in [0.2, 0.25) is 0 Å². The Kier molecular flexibility index (Phi) is 2.23. The zero-order chi connectivity index (χ0) is 9.26. The summed E-state index contributed by atoms with van der Waals surface area (Å²) in [6.07, 6.45) is 0. The van der Waals surface area contributed by atoms with Crippen LogP contribution in [0.5, 0.6) is 0 Å². The second kappa shape index (κ2) is 3.38. The molecule has 2 nitrogen and oxygen atoms in total. The van der Waals surface area contributed by atoms with Gasteiger partial charge in [-0.3, -0.25) is 0 Å². The monoisotopic (exact) mass is 177 g/mol. The van der Waals surface area contributed by atoms with E-state index in [1.165, 1.54) is 11.3 Å². The quantitative estimate of drug-likeness (QED) is 0.741. The summed E-state index contributed by atoms with van der Waals surface area (Å²) < 4.78 is 0. The van der Waals surface area contributed by atoms with E-state index in [0.717, 1.165) is 13.1 Å². The van der Waals surface area contributed by atoms with Crippen molar-refractivity contribution in [3.8, 4) is 0 Å². The molecule has 2 rings (SSSR count). The van der Waals surface area contributed by atoms with E-state index >= 15 is 0 Å². The van der Waals surface area contributed by atoms with Crippen LogP contribution in [0.3, 0.4) is 0 Å². The third kappa shape index (κ3) is 1.31. The average Bonchev–Trinajstić information content (AvgIpc) is 2.56. The highest BCUT2D eigenvalue weighted by molar-refractivity contribution is 5.60. The molecule has 1 aromatic rings. The van der Waals surface area contributed by atoms with Crippen molar-refractivity contribution in [3.05, 3.63) is 29.8 Å². The van der Waals surface area contributed by atoms with E-state index in [9.17, 15) is 5.11 Å². The Morgan fingerprint density at radius 3 is 2.92 bits per heavy atom. The van der Waals surface area contributed by atoms with Crippen LogP contribution in [0.15, 0.2) is 24.3 Å². The van der Waals surface area contributed by atoms with E-state index in [1.807, 2.05) is 6.07 Å². The number of rotatable bonds is 2. The fraction of sp³-hybridized carbons (Fsp3) is 0.455. The van der Waals surface area contributed by atoms with Gasteiger partial charge in [0.15, 0.2) is 0 Å². The van der Waals surface area contributed by atoms with Crippen LogP contribution in [0, 0.1) is 0 Å². The van der Waals surface area contributed by atoms with Gasteiger partial charge in [0.25, 0.3) is 0 Å². The van der Waals surface area contributed by atoms with Crippen molar-refractivity contribution >= 4 is 5.69 Å². The SMILES string of the molecule is CCN1CC(CO)c2ccccc21. The second-order valence-corrected chi connectivity index (χ2v) is 3.48. The number of nitrogens with zero attached hydrogens (tertiary/aromatic N) is 1. The molecule has 0 fully saturated rings. The molecule has 1 N–H and O–H groups in total. The fourth-order valence-electron chi connectivity index (χ4n) is 2.04. The number of likely N-dealkylation sites (N-methyl/N-ethyl adjacent to an activating group) is 1. The molecule has 1 unspecified atom stereocenters. The van der Waals surface area contributed by atoms with Crippen molar-refractivity contribution in [2.24, 2.45) is 0 Å². The second-order valence-electron chi connectivity index (χ2n) is 3.48. The molecule has 2 heteroatoms. The Bertz CT molecular complexity index is 269. The highest BCUT2D eigenvalue weighted by atomic mass is 16.3. The molecule has 0 bridgehead atoms. The molecule has 1 aliphatic heterocycles. The predicted molar refractivity (Wildman–Crippen MR) is 54.2 cm³/mol. The standard InChI is InChI=1S/C11H15NO/c1-2-12-7-9(8-13)10-5-3-4-6-11(10)12/h3-6,9,13H,2,7-8H2,1H3. The lowest BCUT2D eigenvalue weighted by molar-refractivity contribution is 0.271. The molecule has 1 aromatic carbocycles. The molecule has 0 spiro atoms. The first-order chi connectivity index (χ1) is 6.36. The van der Waals surface area contributed by atoms with Crippen molar-refractivity contribution in [3.63, 3.8) is 0 Å². The Hall–Kier alpha value is -1.02. The van der Waals surface area contributed by atoms with Crippen LogP contribution in [0.2, 0.25) is 0 Å². The van der Waals surface area contributed by atoms with E-state index < -0.39 is 0 Å². The summed E-state index contributed by atoms with van der Waals surface area (Å²) in [7, 11) is 0. The number of benzene rings is 1.